The number of hydrazine groups is 1. The molecule has 0 aliphatic heterocycles. The lowest BCUT2D eigenvalue weighted by molar-refractivity contribution is -0.134. The predicted octanol–water partition coefficient (Wildman–Crippen LogP) is -1.01. The minimum atomic E-state index is -1.30. The summed E-state index contributed by atoms with van der Waals surface area (Å²) in [7, 11) is 0. The lowest BCUT2D eigenvalue weighted by atomic mass is 10.1. The monoisotopic (exact) mass is 249 g/mol. The van der Waals surface area contributed by atoms with Gasteiger partial charge in [-0.15, -0.1) is 0 Å². The van der Waals surface area contributed by atoms with Crippen LogP contribution in [0.25, 0.3) is 0 Å². The Labute approximate surface area is 99.3 Å². The Bertz CT molecular complexity index is 238. The minimum Gasteiger partial charge on any atom is -0.382 e. The van der Waals surface area contributed by atoms with Crippen molar-refractivity contribution < 1.29 is 14.7 Å². The van der Waals surface area contributed by atoms with E-state index in [1.165, 1.54) is 6.92 Å². The molecule has 0 aliphatic rings. The fraction of sp³-hybridized carbons (Fsp3) is 0.778. The number of amides is 2. The molecule has 0 rings (SSSR count). The van der Waals surface area contributed by atoms with E-state index in [9.17, 15) is 14.7 Å². The second-order valence-corrected chi connectivity index (χ2v) is 4.66. The van der Waals surface area contributed by atoms with Crippen LogP contribution in [0.15, 0.2) is 0 Å². The number of aliphatic hydroxyl groups is 1. The van der Waals surface area contributed by atoms with Gasteiger partial charge in [-0.1, -0.05) is 6.92 Å². The van der Waals surface area contributed by atoms with E-state index in [4.69, 9.17) is 5.73 Å². The number of nitrogens with one attached hydrogen (secondary N) is 2. The number of rotatable bonds is 6. The average Bonchev–Trinajstić information content (AvgIpc) is 2.24. The van der Waals surface area contributed by atoms with Crippen LogP contribution in [-0.2, 0) is 9.59 Å². The van der Waals surface area contributed by atoms with Crippen LogP contribution in [0.1, 0.15) is 20.3 Å². The normalized spacial score (nSPS) is 14.0. The van der Waals surface area contributed by atoms with Gasteiger partial charge in [-0.05, 0) is 17.9 Å². The highest BCUT2D eigenvalue weighted by Crippen LogP contribution is 2.05. The van der Waals surface area contributed by atoms with E-state index in [0.29, 0.717) is 6.42 Å². The molecule has 5 N–H and O–H groups in total. The van der Waals surface area contributed by atoms with Gasteiger partial charge in [0.1, 0.15) is 6.10 Å². The lowest BCUT2D eigenvalue weighted by Crippen LogP contribution is -2.51. The molecule has 0 saturated carbocycles. The van der Waals surface area contributed by atoms with Gasteiger partial charge < -0.3 is 10.8 Å². The Morgan fingerprint density at radius 1 is 1.44 bits per heavy atom. The molecule has 0 saturated heterocycles. The zero-order valence-corrected chi connectivity index (χ0v) is 10.3. The van der Waals surface area contributed by atoms with Crippen molar-refractivity contribution in [1.29, 1.82) is 0 Å². The van der Waals surface area contributed by atoms with E-state index in [1.54, 1.807) is 11.8 Å². The third-order valence-electron chi connectivity index (χ3n) is 1.84. The van der Waals surface area contributed by atoms with Crippen molar-refractivity contribution in [1.82, 2.24) is 10.9 Å². The zero-order chi connectivity index (χ0) is 12.6. The largest absolute Gasteiger partial charge is 0.382 e. The first-order valence-corrected chi connectivity index (χ1v) is 6.22. The molecule has 0 aliphatic carbocycles. The van der Waals surface area contributed by atoms with Gasteiger partial charge >= 0.3 is 0 Å². The molecule has 0 aromatic rings. The van der Waals surface area contributed by atoms with E-state index in [-0.39, 0.29) is 0 Å². The minimum absolute atomic E-state index is 0.407. The first-order chi connectivity index (χ1) is 7.49. The summed E-state index contributed by atoms with van der Waals surface area (Å²) in [6.45, 7) is 3.28. The SMILES string of the molecule is CCSCC[C@@H](N)C(O)C(=O)NNC(C)=O. The Morgan fingerprint density at radius 3 is 2.56 bits per heavy atom. The fourth-order valence-electron chi connectivity index (χ4n) is 0.940. The quantitative estimate of drug-likeness (QED) is 0.356. The van der Waals surface area contributed by atoms with Crippen LogP contribution in [0.3, 0.4) is 0 Å². The number of carbonyl (C=O) groups excluding carboxylic acids is 2. The zero-order valence-electron chi connectivity index (χ0n) is 9.53. The highest BCUT2D eigenvalue weighted by atomic mass is 32.2. The summed E-state index contributed by atoms with van der Waals surface area (Å²) >= 11 is 1.69. The van der Waals surface area contributed by atoms with Crippen LogP contribution in [-0.4, -0.2) is 40.6 Å². The number of nitrogens with two attached hydrogens (primary N) is 1. The summed E-state index contributed by atoms with van der Waals surface area (Å²) < 4.78 is 0. The summed E-state index contributed by atoms with van der Waals surface area (Å²) in [4.78, 5) is 21.8. The summed E-state index contributed by atoms with van der Waals surface area (Å²) in [5.41, 5.74) is 9.80. The summed E-state index contributed by atoms with van der Waals surface area (Å²) in [5, 5.41) is 9.50. The summed E-state index contributed by atoms with van der Waals surface area (Å²) in [5.74, 6) is 0.670. The maximum atomic E-state index is 11.3. The van der Waals surface area contributed by atoms with Crippen LogP contribution in [0.4, 0.5) is 0 Å². The van der Waals surface area contributed by atoms with Crippen molar-refractivity contribution >= 4 is 23.6 Å². The first-order valence-electron chi connectivity index (χ1n) is 5.06. The van der Waals surface area contributed by atoms with E-state index >= 15 is 0 Å². The summed E-state index contributed by atoms with van der Waals surface area (Å²) in [6, 6.07) is -0.618. The topological polar surface area (TPSA) is 104 Å². The molecule has 94 valence electrons. The molecule has 0 spiro atoms. The molecule has 1 unspecified atom stereocenters. The third kappa shape index (κ3) is 6.65. The predicted molar refractivity (Wildman–Crippen MR) is 63.6 cm³/mol. The van der Waals surface area contributed by atoms with E-state index in [1.807, 2.05) is 6.92 Å². The number of thioether (sulfide) groups is 1. The number of hydrogen-bond donors (Lipinski definition) is 4. The fourth-order valence-corrected chi connectivity index (χ4v) is 1.67. The smallest absolute Gasteiger partial charge is 0.268 e. The van der Waals surface area contributed by atoms with Crippen molar-refractivity contribution in [2.75, 3.05) is 11.5 Å². The molecule has 0 fully saturated rings. The molecular weight excluding hydrogens is 230 g/mol. The second-order valence-electron chi connectivity index (χ2n) is 3.26. The van der Waals surface area contributed by atoms with Gasteiger partial charge in [-0.25, -0.2) is 0 Å². The van der Waals surface area contributed by atoms with E-state index < -0.39 is 24.0 Å². The Morgan fingerprint density at radius 2 is 2.06 bits per heavy atom. The van der Waals surface area contributed by atoms with E-state index in [2.05, 4.69) is 10.9 Å². The highest BCUT2D eigenvalue weighted by molar-refractivity contribution is 7.99. The molecule has 0 aromatic heterocycles. The maximum Gasteiger partial charge on any atom is 0.268 e. The number of aliphatic hydroxyl groups excluding tert-OH is 1. The molecule has 16 heavy (non-hydrogen) atoms. The van der Waals surface area contributed by atoms with Gasteiger partial charge in [-0.2, -0.15) is 11.8 Å². The molecule has 2 amide bonds. The van der Waals surface area contributed by atoms with E-state index in [0.717, 1.165) is 11.5 Å². The molecule has 0 aromatic carbocycles. The van der Waals surface area contributed by atoms with Crippen LogP contribution >= 0.6 is 11.8 Å². The van der Waals surface area contributed by atoms with Gasteiger partial charge in [0, 0.05) is 13.0 Å². The standard InChI is InChI=1S/C9H19N3O3S/c1-3-16-5-4-7(10)8(14)9(15)12-11-6(2)13/h7-8,14H,3-5,10H2,1-2H3,(H,11,13)(H,12,15)/t7-,8?/m1/s1. The van der Waals surface area contributed by atoms with Crippen molar-refractivity contribution in [3.63, 3.8) is 0 Å². The number of hydrogen-bond acceptors (Lipinski definition) is 5. The molecule has 6 nitrogen and oxygen atoms in total. The maximum absolute atomic E-state index is 11.3. The van der Waals surface area contributed by atoms with Gasteiger partial charge in [0.2, 0.25) is 5.91 Å². The van der Waals surface area contributed by atoms with Crippen LogP contribution in [0, 0.1) is 0 Å². The molecule has 7 heteroatoms. The highest BCUT2D eigenvalue weighted by Gasteiger charge is 2.22. The van der Waals surface area contributed by atoms with Gasteiger partial charge in [0.15, 0.2) is 0 Å². The van der Waals surface area contributed by atoms with Gasteiger partial charge in [0.25, 0.3) is 5.91 Å². The molecular formula is C9H19N3O3S. The second kappa shape index (κ2) is 8.37. The molecule has 0 bridgehead atoms. The first kappa shape index (κ1) is 15.2. The van der Waals surface area contributed by atoms with Crippen LogP contribution in [0.2, 0.25) is 0 Å². The Kier molecular flexibility index (Phi) is 7.96. The average molecular weight is 249 g/mol. The molecule has 2 atom stereocenters. The van der Waals surface area contributed by atoms with Crippen molar-refractivity contribution in [3.8, 4) is 0 Å². The third-order valence-corrected chi connectivity index (χ3v) is 2.77. The van der Waals surface area contributed by atoms with Gasteiger partial charge in [0.05, 0.1) is 0 Å². The lowest BCUT2D eigenvalue weighted by Gasteiger charge is -2.17. The Balaban J connectivity index is 3.86. The van der Waals surface area contributed by atoms with Crippen molar-refractivity contribution in [2.24, 2.45) is 5.73 Å². The van der Waals surface area contributed by atoms with Crippen molar-refractivity contribution in [2.45, 2.75) is 32.4 Å². The van der Waals surface area contributed by atoms with Crippen LogP contribution < -0.4 is 16.6 Å². The van der Waals surface area contributed by atoms with Crippen LogP contribution in [0.5, 0.6) is 0 Å². The molecule has 0 radical (unpaired) electrons. The summed E-state index contributed by atoms with van der Waals surface area (Å²) in [6.07, 6.45) is -0.753. The van der Waals surface area contributed by atoms with Gasteiger partial charge in [-0.3, -0.25) is 20.4 Å². The number of carbonyl (C=O) groups is 2. The van der Waals surface area contributed by atoms with Crippen molar-refractivity contribution in [3.05, 3.63) is 0 Å². The molecule has 0 heterocycles. The Hall–Kier alpha value is -0.790.